The van der Waals surface area contributed by atoms with Gasteiger partial charge in [-0.15, -0.1) is 0 Å². The van der Waals surface area contributed by atoms with Gasteiger partial charge in [0.05, 0.1) is 22.9 Å². The summed E-state index contributed by atoms with van der Waals surface area (Å²) in [5.41, 5.74) is 4.16. The van der Waals surface area contributed by atoms with Crippen LogP contribution in [0.1, 0.15) is 10.5 Å². The Kier molecular flexibility index (Phi) is 4.25. The van der Waals surface area contributed by atoms with Crippen molar-refractivity contribution in [2.75, 3.05) is 5.32 Å². The standard InChI is InChI=1S/C23H17N5O2/c29-21-14-28(18-6-2-1-3-7-18)26-22(21)23(30)25-16-10-12-17(13-11-16)27-15-24-19-8-4-5-9-20(19)27/h1-15,29H,(H,25,30). The molecule has 2 N–H and O–H groups in total. The number of fused-ring (bicyclic) bond motifs is 1. The Morgan fingerprint density at radius 3 is 2.40 bits per heavy atom. The molecule has 0 saturated carbocycles. The molecule has 2 heterocycles. The van der Waals surface area contributed by atoms with E-state index in [4.69, 9.17) is 0 Å². The highest BCUT2D eigenvalue weighted by Gasteiger charge is 2.17. The van der Waals surface area contributed by atoms with Crippen LogP contribution in [0.3, 0.4) is 0 Å². The summed E-state index contributed by atoms with van der Waals surface area (Å²) in [6.45, 7) is 0. The lowest BCUT2D eigenvalue weighted by Gasteiger charge is -2.07. The highest BCUT2D eigenvalue weighted by Crippen LogP contribution is 2.22. The maximum absolute atomic E-state index is 12.6. The number of amides is 1. The van der Waals surface area contributed by atoms with E-state index in [1.807, 2.05) is 71.3 Å². The van der Waals surface area contributed by atoms with E-state index in [9.17, 15) is 9.90 Å². The van der Waals surface area contributed by atoms with Gasteiger partial charge in [-0.05, 0) is 48.5 Å². The molecule has 3 aromatic carbocycles. The maximum atomic E-state index is 12.6. The van der Waals surface area contributed by atoms with Crippen LogP contribution < -0.4 is 5.32 Å². The van der Waals surface area contributed by atoms with E-state index in [0.29, 0.717) is 5.69 Å². The van der Waals surface area contributed by atoms with Gasteiger partial charge >= 0.3 is 0 Å². The summed E-state index contributed by atoms with van der Waals surface area (Å²) >= 11 is 0. The zero-order valence-electron chi connectivity index (χ0n) is 15.8. The summed E-state index contributed by atoms with van der Waals surface area (Å²) in [5, 5.41) is 17.1. The second-order valence-corrected chi connectivity index (χ2v) is 6.75. The van der Waals surface area contributed by atoms with Crippen molar-refractivity contribution in [3.05, 3.63) is 97.1 Å². The van der Waals surface area contributed by atoms with Crippen LogP contribution in [0.5, 0.6) is 5.75 Å². The van der Waals surface area contributed by atoms with Crippen LogP contribution in [-0.4, -0.2) is 30.3 Å². The number of para-hydroxylation sites is 3. The fourth-order valence-electron chi connectivity index (χ4n) is 3.30. The van der Waals surface area contributed by atoms with Crippen LogP contribution in [0, 0.1) is 0 Å². The number of benzene rings is 3. The summed E-state index contributed by atoms with van der Waals surface area (Å²) in [6, 6.07) is 24.6. The van der Waals surface area contributed by atoms with Crippen molar-refractivity contribution >= 4 is 22.6 Å². The topological polar surface area (TPSA) is 85.0 Å². The number of aromatic nitrogens is 4. The monoisotopic (exact) mass is 395 g/mol. The molecule has 0 unspecified atom stereocenters. The molecule has 0 aliphatic rings. The minimum Gasteiger partial charge on any atom is -0.504 e. The van der Waals surface area contributed by atoms with Gasteiger partial charge in [-0.3, -0.25) is 9.36 Å². The first-order valence-electron chi connectivity index (χ1n) is 9.37. The number of nitrogens with zero attached hydrogens (tertiary/aromatic N) is 4. The Morgan fingerprint density at radius 1 is 0.867 bits per heavy atom. The summed E-state index contributed by atoms with van der Waals surface area (Å²) in [6.07, 6.45) is 3.18. The molecule has 146 valence electrons. The molecule has 0 radical (unpaired) electrons. The zero-order valence-corrected chi connectivity index (χ0v) is 15.8. The molecule has 0 bridgehead atoms. The van der Waals surface area contributed by atoms with Crippen molar-refractivity contribution in [2.24, 2.45) is 0 Å². The van der Waals surface area contributed by atoms with Gasteiger partial charge in [0.2, 0.25) is 0 Å². The van der Waals surface area contributed by atoms with E-state index in [1.54, 1.807) is 18.5 Å². The van der Waals surface area contributed by atoms with Crippen molar-refractivity contribution in [1.29, 1.82) is 0 Å². The van der Waals surface area contributed by atoms with E-state index >= 15 is 0 Å². The van der Waals surface area contributed by atoms with Gasteiger partial charge in [0.15, 0.2) is 11.4 Å². The fourth-order valence-corrected chi connectivity index (χ4v) is 3.30. The molecule has 30 heavy (non-hydrogen) atoms. The lowest BCUT2D eigenvalue weighted by atomic mass is 10.2. The normalized spacial score (nSPS) is 10.9. The van der Waals surface area contributed by atoms with E-state index in [0.717, 1.165) is 22.4 Å². The second-order valence-electron chi connectivity index (χ2n) is 6.75. The largest absolute Gasteiger partial charge is 0.504 e. The maximum Gasteiger partial charge on any atom is 0.280 e. The van der Waals surface area contributed by atoms with E-state index in [-0.39, 0.29) is 11.4 Å². The van der Waals surface area contributed by atoms with Crippen molar-refractivity contribution in [3.8, 4) is 17.1 Å². The molecular formula is C23H17N5O2. The Morgan fingerprint density at radius 2 is 1.60 bits per heavy atom. The van der Waals surface area contributed by atoms with Gasteiger partial charge in [-0.2, -0.15) is 5.10 Å². The van der Waals surface area contributed by atoms with Crippen LogP contribution in [0.4, 0.5) is 5.69 Å². The zero-order chi connectivity index (χ0) is 20.5. The van der Waals surface area contributed by atoms with E-state index in [1.165, 1.54) is 10.9 Å². The molecule has 5 aromatic rings. The number of anilines is 1. The molecule has 1 amide bonds. The van der Waals surface area contributed by atoms with Crippen LogP contribution in [0.15, 0.2) is 91.4 Å². The van der Waals surface area contributed by atoms with Crippen LogP contribution in [-0.2, 0) is 0 Å². The number of carbonyl (C=O) groups excluding carboxylic acids is 1. The van der Waals surface area contributed by atoms with Gasteiger partial charge in [0.1, 0.15) is 6.33 Å². The molecule has 0 aliphatic heterocycles. The highest BCUT2D eigenvalue weighted by atomic mass is 16.3. The first kappa shape index (κ1) is 17.7. The molecule has 0 fully saturated rings. The van der Waals surface area contributed by atoms with Crippen molar-refractivity contribution in [1.82, 2.24) is 19.3 Å². The van der Waals surface area contributed by atoms with Crippen molar-refractivity contribution in [3.63, 3.8) is 0 Å². The molecule has 0 spiro atoms. The van der Waals surface area contributed by atoms with Gasteiger partial charge in [0.25, 0.3) is 5.91 Å². The summed E-state index contributed by atoms with van der Waals surface area (Å²) < 4.78 is 3.45. The molecule has 7 heteroatoms. The number of hydrogen-bond donors (Lipinski definition) is 2. The lowest BCUT2D eigenvalue weighted by Crippen LogP contribution is -2.13. The molecule has 5 rings (SSSR count). The van der Waals surface area contributed by atoms with E-state index in [2.05, 4.69) is 15.4 Å². The molecule has 2 aromatic heterocycles. The minimum absolute atomic E-state index is 0.0384. The third-order valence-electron chi connectivity index (χ3n) is 4.79. The molecular weight excluding hydrogens is 378 g/mol. The molecule has 7 nitrogen and oxygen atoms in total. The average molecular weight is 395 g/mol. The first-order chi connectivity index (χ1) is 14.7. The summed E-state index contributed by atoms with van der Waals surface area (Å²) in [7, 11) is 0. The number of imidazole rings is 1. The Labute approximate surface area is 171 Å². The Hall–Kier alpha value is -4.39. The average Bonchev–Trinajstić information content (AvgIpc) is 3.39. The number of carbonyl (C=O) groups is 1. The second kappa shape index (κ2) is 7.21. The van der Waals surface area contributed by atoms with Crippen molar-refractivity contribution < 1.29 is 9.90 Å². The summed E-state index contributed by atoms with van der Waals surface area (Å²) in [4.78, 5) is 17.0. The number of hydrogen-bond acceptors (Lipinski definition) is 4. The first-order valence-corrected chi connectivity index (χ1v) is 9.37. The highest BCUT2D eigenvalue weighted by molar-refractivity contribution is 6.04. The van der Waals surface area contributed by atoms with Gasteiger partial charge in [-0.1, -0.05) is 30.3 Å². The fraction of sp³-hybridized carbons (Fsp3) is 0. The number of nitrogens with one attached hydrogen (secondary N) is 1. The Balaban J connectivity index is 1.36. The number of rotatable bonds is 4. The van der Waals surface area contributed by atoms with Crippen molar-refractivity contribution in [2.45, 2.75) is 0 Å². The predicted octanol–water partition coefficient (Wildman–Crippen LogP) is 4.17. The number of aromatic hydroxyl groups is 1. The summed E-state index contributed by atoms with van der Waals surface area (Å²) in [5.74, 6) is -0.666. The van der Waals surface area contributed by atoms with Gasteiger partial charge in [-0.25, -0.2) is 9.67 Å². The predicted molar refractivity (Wildman–Crippen MR) is 114 cm³/mol. The molecule has 0 saturated heterocycles. The molecule has 0 atom stereocenters. The van der Waals surface area contributed by atoms with Gasteiger partial charge < -0.3 is 10.4 Å². The minimum atomic E-state index is -0.483. The third-order valence-corrected chi connectivity index (χ3v) is 4.79. The Bertz CT molecular complexity index is 1340. The van der Waals surface area contributed by atoms with Gasteiger partial charge in [0, 0.05) is 11.4 Å². The quantitative estimate of drug-likeness (QED) is 0.478. The third kappa shape index (κ3) is 3.18. The van der Waals surface area contributed by atoms with Crippen LogP contribution in [0.2, 0.25) is 0 Å². The van der Waals surface area contributed by atoms with E-state index < -0.39 is 5.91 Å². The lowest BCUT2D eigenvalue weighted by molar-refractivity contribution is 0.101. The molecule has 0 aliphatic carbocycles. The smallest absolute Gasteiger partial charge is 0.280 e. The van der Waals surface area contributed by atoms with Crippen LogP contribution in [0.25, 0.3) is 22.4 Å². The van der Waals surface area contributed by atoms with Crippen LogP contribution >= 0.6 is 0 Å². The SMILES string of the molecule is O=C(Nc1ccc(-n2cnc3ccccc32)cc1)c1nn(-c2ccccc2)cc1O.